The third-order valence-corrected chi connectivity index (χ3v) is 3.62. The van der Waals surface area contributed by atoms with Gasteiger partial charge in [0.1, 0.15) is 10.9 Å². The van der Waals surface area contributed by atoms with Crippen LogP contribution in [0.1, 0.15) is 24.3 Å². The Labute approximate surface area is 110 Å². The Morgan fingerprint density at radius 2 is 2.11 bits per heavy atom. The van der Waals surface area contributed by atoms with Crippen molar-refractivity contribution >= 4 is 16.5 Å². The maximum atomic E-state index is 8.74. The van der Waals surface area contributed by atoms with E-state index in [1.54, 1.807) is 18.6 Å². The first-order valence-electron chi connectivity index (χ1n) is 5.62. The highest BCUT2D eigenvalue weighted by Gasteiger charge is 2.20. The van der Waals surface area contributed by atoms with Crippen LogP contribution in [0.5, 0.6) is 0 Å². The fourth-order valence-corrected chi connectivity index (χ4v) is 2.22. The molecule has 0 aromatic carbocycles. The number of nitrogens with one attached hydrogen (secondary N) is 1. The Bertz CT molecular complexity index is 554. The maximum absolute atomic E-state index is 8.74. The highest BCUT2D eigenvalue weighted by Crippen LogP contribution is 2.24. The van der Waals surface area contributed by atoms with Crippen molar-refractivity contribution in [2.75, 3.05) is 11.9 Å². The van der Waals surface area contributed by atoms with Crippen LogP contribution in [0.4, 0.5) is 5.13 Å². The lowest BCUT2D eigenvalue weighted by molar-refractivity contribution is 0.556. The smallest absolute Gasteiger partial charge is 0.183 e. The summed E-state index contributed by atoms with van der Waals surface area (Å²) >= 11 is 1.37. The van der Waals surface area contributed by atoms with Gasteiger partial charge >= 0.3 is 0 Å². The molecule has 2 heterocycles. The zero-order valence-corrected chi connectivity index (χ0v) is 11.2. The van der Waals surface area contributed by atoms with Gasteiger partial charge in [-0.15, -0.1) is 0 Å². The average Bonchev–Trinajstić information content (AvgIpc) is 2.86. The first-order valence-corrected chi connectivity index (χ1v) is 6.44. The number of thiazole rings is 1. The summed E-state index contributed by atoms with van der Waals surface area (Å²) in [6, 6.07) is 6.12. The monoisotopic (exact) mass is 258 g/mol. The van der Waals surface area contributed by atoms with Gasteiger partial charge in [-0.05, 0) is 17.7 Å². The maximum Gasteiger partial charge on any atom is 0.183 e. The molecule has 2 rings (SSSR count). The standard InChI is InChI=1S/C13H14N4S/c1-13(2,10-3-5-15-6-4-10)9-17-12-16-8-11(7-14)18-12/h3-6,8H,9H2,1-2H3,(H,16,17). The molecule has 4 nitrogen and oxygen atoms in total. The van der Waals surface area contributed by atoms with Crippen LogP contribution in [0, 0.1) is 11.3 Å². The number of rotatable bonds is 4. The summed E-state index contributed by atoms with van der Waals surface area (Å²) < 4.78 is 0. The first-order chi connectivity index (χ1) is 8.62. The minimum absolute atomic E-state index is 0.0125. The Balaban J connectivity index is 2.03. The SMILES string of the molecule is CC(C)(CNc1ncc(C#N)s1)c1ccncc1. The van der Waals surface area contributed by atoms with Crippen molar-refractivity contribution in [2.24, 2.45) is 0 Å². The van der Waals surface area contributed by atoms with E-state index < -0.39 is 0 Å². The number of aromatic nitrogens is 2. The molecule has 0 amide bonds. The van der Waals surface area contributed by atoms with E-state index in [0.29, 0.717) is 4.88 Å². The van der Waals surface area contributed by atoms with Crippen molar-refractivity contribution < 1.29 is 0 Å². The number of hydrogen-bond donors (Lipinski definition) is 1. The minimum atomic E-state index is -0.0125. The van der Waals surface area contributed by atoms with Gasteiger partial charge in [-0.25, -0.2) is 4.98 Å². The molecule has 92 valence electrons. The van der Waals surface area contributed by atoms with E-state index in [4.69, 9.17) is 5.26 Å². The second-order valence-electron chi connectivity index (χ2n) is 4.61. The zero-order valence-electron chi connectivity index (χ0n) is 10.3. The highest BCUT2D eigenvalue weighted by atomic mass is 32.1. The molecule has 0 atom stereocenters. The molecule has 0 saturated heterocycles. The number of nitriles is 1. The quantitative estimate of drug-likeness (QED) is 0.916. The van der Waals surface area contributed by atoms with Crippen LogP contribution in [0.2, 0.25) is 0 Å². The van der Waals surface area contributed by atoms with Gasteiger partial charge in [0.25, 0.3) is 0 Å². The Kier molecular flexibility index (Phi) is 3.58. The van der Waals surface area contributed by atoms with Gasteiger partial charge in [0, 0.05) is 24.4 Å². The predicted molar refractivity (Wildman–Crippen MR) is 72.6 cm³/mol. The second-order valence-corrected chi connectivity index (χ2v) is 5.65. The first kappa shape index (κ1) is 12.5. The largest absolute Gasteiger partial charge is 0.361 e. The van der Waals surface area contributed by atoms with Crippen LogP contribution in [0.15, 0.2) is 30.7 Å². The molecular weight excluding hydrogens is 244 g/mol. The van der Waals surface area contributed by atoms with Crippen LogP contribution < -0.4 is 5.32 Å². The lowest BCUT2D eigenvalue weighted by atomic mass is 9.85. The van der Waals surface area contributed by atoms with E-state index in [9.17, 15) is 0 Å². The molecule has 2 aromatic heterocycles. The molecule has 0 saturated carbocycles. The highest BCUT2D eigenvalue weighted by molar-refractivity contribution is 7.16. The van der Waals surface area contributed by atoms with E-state index in [-0.39, 0.29) is 5.41 Å². The van der Waals surface area contributed by atoms with Gasteiger partial charge in [0.05, 0.1) is 6.20 Å². The van der Waals surface area contributed by atoms with Crippen molar-refractivity contribution in [1.29, 1.82) is 5.26 Å². The third-order valence-electron chi connectivity index (χ3n) is 2.76. The van der Waals surface area contributed by atoms with E-state index >= 15 is 0 Å². The van der Waals surface area contributed by atoms with Crippen molar-refractivity contribution in [2.45, 2.75) is 19.3 Å². The van der Waals surface area contributed by atoms with E-state index in [0.717, 1.165) is 11.7 Å². The van der Waals surface area contributed by atoms with Crippen molar-refractivity contribution in [3.63, 3.8) is 0 Å². The fraction of sp³-hybridized carbons (Fsp3) is 0.308. The number of anilines is 1. The van der Waals surface area contributed by atoms with Crippen molar-refractivity contribution in [3.8, 4) is 6.07 Å². The molecule has 18 heavy (non-hydrogen) atoms. The van der Waals surface area contributed by atoms with Crippen molar-refractivity contribution in [3.05, 3.63) is 41.2 Å². The van der Waals surface area contributed by atoms with Crippen LogP contribution >= 0.6 is 11.3 Å². The Hall–Kier alpha value is -1.93. The molecule has 5 heteroatoms. The van der Waals surface area contributed by atoms with Gasteiger partial charge in [0.15, 0.2) is 5.13 Å². The van der Waals surface area contributed by atoms with E-state index in [1.807, 2.05) is 12.1 Å². The van der Waals surface area contributed by atoms with Gasteiger partial charge in [-0.2, -0.15) is 5.26 Å². The molecule has 0 bridgehead atoms. The third kappa shape index (κ3) is 2.84. The second kappa shape index (κ2) is 5.15. The lowest BCUT2D eigenvalue weighted by Gasteiger charge is -2.25. The molecule has 2 aromatic rings. The van der Waals surface area contributed by atoms with Crippen molar-refractivity contribution in [1.82, 2.24) is 9.97 Å². The molecule has 0 aliphatic heterocycles. The number of nitrogens with zero attached hydrogens (tertiary/aromatic N) is 3. The minimum Gasteiger partial charge on any atom is -0.361 e. The molecule has 0 spiro atoms. The van der Waals surface area contributed by atoms with Gasteiger partial charge in [-0.1, -0.05) is 25.2 Å². The molecular formula is C13H14N4S. The molecule has 0 aliphatic carbocycles. The van der Waals surface area contributed by atoms with Gasteiger partial charge < -0.3 is 5.32 Å². The summed E-state index contributed by atoms with van der Waals surface area (Å²) in [5.74, 6) is 0. The predicted octanol–water partition coefficient (Wildman–Crippen LogP) is 2.80. The van der Waals surface area contributed by atoms with Crippen LogP contribution in [-0.4, -0.2) is 16.5 Å². The molecule has 1 N–H and O–H groups in total. The topological polar surface area (TPSA) is 61.6 Å². The molecule has 0 fully saturated rings. The lowest BCUT2D eigenvalue weighted by Crippen LogP contribution is -2.27. The number of pyridine rings is 1. The summed E-state index contributed by atoms with van der Waals surface area (Å²) in [7, 11) is 0. The average molecular weight is 258 g/mol. The summed E-state index contributed by atoms with van der Waals surface area (Å²) in [6.45, 7) is 5.08. The van der Waals surface area contributed by atoms with Crippen LogP contribution in [0.3, 0.4) is 0 Å². The summed E-state index contributed by atoms with van der Waals surface area (Å²) in [5, 5.41) is 12.8. The molecule has 0 unspecified atom stereocenters. The van der Waals surface area contributed by atoms with Crippen LogP contribution in [0.25, 0.3) is 0 Å². The number of hydrogen-bond acceptors (Lipinski definition) is 5. The summed E-state index contributed by atoms with van der Waals surface area (Å²) in [6.07, 6.45) is 5.19. The summed E-state index contributed by atoms with van der Waals surface area (Å²) in [5.41, 5.74) is 1.21. The fourth-order valence-electron chi connectivity index (χ4n) is 1.61. The van der Waals surface area contributed by atoms with E-state index in [2.05, 4.69) is 35.2 Å². The Morgan fingerprint density at radius 1 is 1.39 bits per heavy atom. The van der Waals surface area contributed by atoms with E-state index in [1.165, 1.54) is 16.9 Å². The van der Waals surface area contributed by atoms with Crippen LogP contribution in [-0.2, 0) is 5.41 Å². The van der Waals surface area contributed by atoms with Gasteiger partial charge in [0.2, 0.25) is 0 Å². The van der Waals surface area contributed by atoms with Gasteiger partial charge in [-0.3, -0.25) is 4.98 Å². The molecule has 0 aliphatic rings. The summed E-state index contributed by atoms with van der Waals surface area (Å²) in [4.78, 5) is 8.81. The Morgan fingerprint density at radius 3 is 2.72 bits per heavy atom. The normalized spacial score (nSPS) is 10.9. The zero-order chi connectivity index (χ0) is 13.0. The molecule has 0 radical (unpaired) electrons.